The van der Waals surface area contributed by atoms with Crippen molar-refractivity contribution in [2.75, 3.05) is 26.2 Å². The number of piperidine rings is 2. The Balaban J connectivity index is 1.13. The third-order valence-corrected chi connectivity index (χ3v) is 11.7. The zero-order chi connectivity index (χ0) is 34.7. The van der Waals surface area contributed by atoms with Crippen LogP contribution < -0.4 is 0 Å². The van der Waals surface area contributed by atoms with Crippen molar-refractivity contribution >= 4 is 0 Å². The molecule has 2 saturated heterocycles. The van der Waals surface area contributed by atoms with Crippen molar-refractivity contribution in [1.82, 2.24) is 14.8 Å². The number of pyridine rings is 1. The molecule has 0 radical (unpaired) electrons. The topological polar surface area (TPSA) is 43.2 Å². The molecule has 4 heteroatoms. The molecule has 0 amide bonds. The Morgan fingerprint density at radius 2 is 1.38 bits per heavy atom. The van der Waals surface area contributed by atoms with E-state index < -0.39 is 0 Å². The summed E-state index contributed by atoms with van der Waals surface area (Å²) in [5.74, 6) is 0. The Morgan fingerprint density at radius 1 is 0.680 bits per heavy atom. The van der Waals surface area contributed by atoms with E-state index in [1.165, 1.54) is 128 Å². The predicted octanol–water partition coefficient (Wildman–Crippen LogP) is 9.99. The minimum absolute atomic E-state index is 0.641. The van der Waals surface area contributed by atoms with Crippen LogP contribution in [0.1, 0.15) is 108 Å². The third kappa shape index (κ3) is 9.51. The summed E-state index contributed by atoms with van der Waals surface area (Å²) in [5.41, 5.74) is 14.7. The maximum atomic E-state index is 9.38. The van der Waals surface area contributed by atoms with E-state index in [1.54, 1.807) is 6.20 Å². The average Bonchev–Trinajstić information content (AvgIpc) is 3.15. The van der Waals surface area contributed by atoms with Gasteiger partial charge in [0.05, 0.1) is 5.56 Å². The molecule has 2 aliphatic rings. The van der Waals surface area contributed by atoms with E-state index in [2.05, 4.69) is 96.2 Å². The molecule has 1 unspecified atom stereocenters. The summed E-state index contributed by atoms with van der Waals surface area (Å²) in [4.78, 5) is 9.65. The molecule has 0 bridgehead atoms. The van der Waals surface area contributed by atoms with Gasteiger partial charge < -0.3 is 4.90 Å². The van der Waals surface area contributed by atoms with Gasteiger partial charge >= 0.3 is 0 Å². The summed E-state index contributed by atoms with van der Waals surface area (Å²) in [7, 11) is 0. The molecule has 0 saturated carbocycles. The second-order valence-electron chi connectivity index (χ2n) is 15.2. The van der Waals surface area contributed by atoms with Crippen LogP contribution in [0, 0.1) is 25.2 Å². The van der Waals surface area contributed by atoms with E-state index in [4.69, 9.17) is 0 Å². The molecule has 4 nitrogen and oxygen atoms in total. The molecular formula is C46H58N4. The van der Waals surface area contributed by atoms with Gasteiger partial charge in [-0.3, -0.25) is 9.88 Å². The van der Waals surface area contributed by atoms with E-state index in [1.807, 2.05) is 12.3 Å². The number of aryl methyl sites for hydroxylation is 5. The van der Waals surface area contributed by atoms with Crippen LogP contribution in [0.5, 0.6) is 0 Å². The van der Waals surface area contributed by atoms with Gasteiger partial charge in [-0.1, -0.05) is 67.4 Å². The van der Waals surface area contributed by atoms with Crippen molar-refractivity contribution in [3.05, 3.63) is 123 Å². The number of benzene rings is 3. The molecule has 3 heterocycles. The first kappa shape index (κ1) is 36.0. The molecule has 1 atom stereocenters. The normalized spacial score (nSPS) is 17.1. The smallest absolute Gasteiger partial charge is 0.101 e. The standard InChI is InChI=1S/C46H58N4/c1-35-13-5-9-27-50(35)28-10-6-14-41-15-11-17-45(36(41)2)46-18-12-16-42(37(46)3)22-19-38-20-24-44(34-49-25-7-4-8-26-49)43(30-38)23-21-39-29-40(31-47)33-48-32-39/h11-12,15-18,20,24,29-30,32-33,35H,4-10,13-14,19,21-23,25-28,34H2,1-3H3. The largest absolute Gasteiger partial charge is 0.301 e. The minimum Gasteiger partial charge on any atom is -0.301 e. The van der Waals surface area contributed by atoms with E-state index in [9.17, 15) is 5.26 Å². The highest BCUT2D eigenvalue weighted by Gasteiger charge is 2.18. The van der Waals surface area contributed by atoms with Gasteiger partial charge in [-0.15, -0.1) is 0 Å². The van der Waals surface area contributed by atoms with E-state index in [-0.39, 0.29) is 0 Å². The molecule has 262 valence electrons. The van der Waals surface area contributed by atoms with Crippen molar-refractivity contribution in [1.29, 1.82) is 5.26 Å². The Hall–Kier alpha value is -3.78. The minimum atomic E-state index is 0.641. The Labute approximate surface area is 302 Å². The number of likely N-dealkylation sites (tertiary alicyclic amines) is 2. The van der Waals surface area contributed by atoms with Crippen LogP contribution in [0.4, 0.5) is 0 Å². The quantitative estimate of drug-likeness (QED) is 0.126. The van der Waals surface area contributed by atoms with E-state index in [0.29, 0.717) is 5.56 Å². The number of nitrogens with zero attached hydrogens (tertiary/aromatic N) is 4. The third-order valence-electron chi connectivity index (χ3n) is 11.7. The second kappa shape index (κ2) is 17.9. The Morgan fingerprint density at radius 3 is 2.12 bits per heavy atom. The number of aromatic nitrogens is 1. The lowest BCUT2D eigenvalue weighted by Gasteiger charge is -2.33. The van der Waals surface area contributed by atoms with Crippen LogP contribution in [0.15, 0.2) is 73.1 Å². The fraction of sp³-hybridized carbons (Fsp3) is 0.478. The number of hydrogen-bond donors (Lipinski definition) is 0. The second-order valence-corrected chi connectivity index (χ2v) is 15.2. The highest BCUT2D eigenvalue weighted by atomic mass is 15.2. The highest BCUT2D eigenvalue weighted by molar-refractivity contribution is 5.72. The number of rotatable bonds is 14. The van der Waals surface area contributed by atoms with Gasteiger partial charge in [0.25, 0.3) is 0 Å². The van der Waals surface area contributed by atoms with Crippen molar-refractivity contribution in [2.45, 2.75) is 117 Å². The molecule has 0 spiro atoms. The van der Waals surface area contributed by atoms with E-state index in [0.717, 1.165) is 50.3 Å². The summed E-state index contributed by atoms with van der Waals surface area (Å²) >= 11 is 0. The lowest BCUT2D eigenvalue weighted by molar-refractivity contribution is 0.158. The maximum absolute atomic E-state index is 9.38. The number of hydrogen-bond acceptors (Lipinski definition) is 4. The number of unbranched alkanes of at least 4 members (excludes halogenated alkanes) is 1. The highest BCUT2D eigenvalue weighted by Crippen LogP contribution is 2.32. The molecule has 3 aromatic carbocycles. The lowest BCUT2D eigenvalue weighted by atomic mass is 9.88. The molecule has 1 aromatic heterocycles. The van der Waals surface area contributed by atoms with Crippen molar-refractivity contribution in [3.63, 3.8) is 0 Å². The van der Waals surface area contributed by atoms with Gasteiger partial charge in [0.2, 0.25) is 0 Å². The monoisotopic (exact) mass is 666 g/mol. The summed E-state index contributed by atoms with van der Waals surface area (Å²) < 4.78 is 0. The van der Waals surface area contributed by atoms with Crippen molar-refractivity contribution < 1.29 is 0 Å². The SMILES string of the molecule is Cc1c(CCCCN2CCCCC2C)cccc1-c1cccc(CCc2ccc(CN3CCCCC3)c(CCc3cncc(C#N)c3)c2)c1C. The predicted molar refractivity (Wildman–Crippen MR) is 209 cm³/mol. The van der Waals surface area contributed by atoms with E-state index >= 15 is 0 Å². The zero-order valence-corrected chi connectivity index (χ0v) is 31.0. The van der Waals surface area contributed by atoms with Gasteiger partial charge in [-0.2, -0.15) is 5.26 Å². The summed E-state index contributed by atoms with van der Waals surface area (Å²) in [5, 5.41) is 9.38. The van der Waals surface area contributed by atoms with Crippen LogP contribution >= 0.6 is 0 Å². The molecule has 50 heavy (non-hydrogen) atoms. The van der Waals surface area contributed by atoms with Gasteiger partial charge in [0.15, 0.2) is 0 Å². The molecule has 6 rings (SSSR count). The molecular weight excluding hydrogens is 609 g/mol. The summed E-state index contributed by atoms with van der Waals surface area (Å²) in [6, 6.07) is 26.1. The van der Waals surface area contributed by atoms with Crippen LogP contribution in [0.2, 0.25) is 0 Å². The lowest BCUT2D eigenvalue weighted by Crippen LogP contribution is -2.38. The van der Waals surface area contributed by atoms with Gasteiger partial charge in [0.1, 0.15) is 6.07 Å². The number of nitriles is 1. The molecule has 2 fully saturated rings. The first-order valence-electron chi connectivity index (χ1n) is 19.6. The van der Waals surface area contributed by atoms with Crippen molar-refractivity contribution in [2.24, 2.45) is 0 Å². The van der Waals surface area contributed by atoms with Crippen LogP contribution in [0.25, 0.3) is 11.1 Å². The molecule has 0 aliphatic carbocycles. The first-order valence-corrected chi connectivity index (χ1v) is 19.6. The molecule has 0 N–H and O–H groups in total. The summed E-state index contributed by atoms with van der Waals surface area (Å²) in [6.45, 7) is 13.0. The fourth-order valence-electron chi connectivity index (χ4n) is 8.44. The van der Waals surface area contributed by atoms with Crippen LogP contribution in [-0.4, -0.2) is 47.0 Å². The average molecular weight is 667 g/mol. The van der Waals surface area contributed by atoms with Gasteiger partial charge in [0, 0.05) is 25.0 Å². The summed E-state index contributed by atoms with van der Waals surface area (Å²) in [6.07, 6.45) is 19.3. The van der Waals surface area contributed by atoms with Crippen molar-refractivity contribution in [3.8, 4) is 17.2 Å². The molecule has 4 aromatic rings. The maximum Gasteiger partial charge on any atom is 0.101 e. The van der Waals surface area contributed by atoms with Crippen LogP contribution in [0.3, 0.4) is 0 Å². The van der Waals surface area contributed by atoms with Gasteiger partial charge in [-0.05, 0) is 179 Å². The zero-order valence-electron chi connectivity index (χ0n) is 31.0. The molecule has 2 aliphatic heterocycles. The van der Waals surface area contributed by atoms with Gasteiger partial charge in [-0.25, -0.2) is 0 Å². The Kier molecular flexibility index (Phi) is 12.9. The van der Waals surface area contributed by atoms with Crippen LogP contribution in [-0.2, 0) is 38.6 Å². The fourth-order valence-corrected chi connectivity index (χ4v) is 8.44. The first-order chi connectivity index (χ1) is 24.5. The Bertz CT molecular complexity index is 1740.